The maximum absolute atomic E-state index is 13.8. The van der Waals surface area contributed by atoms with Gasteiger partial charge < -0.3 is 10.2 Å². The molecule has 1 aliphatic carbocycles. The Morgan fingerprint density at radius 3 is 2.13 bits per heavy atom. The van der Waals surface area contributed by atoms with Crippen molar-refractivity contribution in [1.29, 1.82) is 0 Å². The van der Waals surface area contributed by atoms with Crippen LogP contribution in [0.3, 0.4) is 0 Å². The lowest BCUT2D eigenvalue weighted by atomic mass is 9.99. The van der Waals surface area contributed by atoms with Crippen molar-refractivity contribution in [3.05, 3.63) is 107 Å². The molecule has 1 saturated carbocycles. The van der Waals surface area contributed by atoms with Crippen molar-refractivity contribution < 1.29 is 14.0 Å². The molecule has 4 rings (SSSR count). The standard InChI is InChI=1S/C33H39FN2O2/c1-24(2)28-17-12-25(13-18-28)16-21-32(37)36(23-27-14-19-29(34)20-15-27)31(22-26-8-4-3-5-9-26)33(38)35-30-10-6-7-11-30/h3-5,8-9,12-15,17-20,24,30-31H,6-7,10-11,16,21-23H2,1-2H3,(H,35,38)/t31-/m1/s1. The van der Waals surface area contributed by atoms with Crippen LogP contribution in [0.1, 0.15) is 74.1 Å². The molecular weight excluding hydrogens is 475 g/mol. The third kappa shape index (κ3) is 7.77. The lowest BCUT2D eigenvalue weighted by Gasteiger charge is -2.32. The van der Waals surface area contributed by atoms with Gasteiger partial charge in [-0.05, 0) is 59.6 Å². The van der Waals surface area contributed by atoms with Crippen LogP contribution in [0.15, 0.2) is 78.9 Å². The van der Waals surface area contributed by atoms with Crippen LogP contribution in [0, 0.1) is 5.82 Å². The van der Waals surface area contributed by atoms with Crippen molar-refractivity contribution >= 4 is 11.8 Å². The number of aryl methyl sites for hydroxylation is 1. The molecule has 1 fully saturated rings. The van der Waals surface area contributed by atoms with Crippen LogP contribution in [-0.4, -0.2) is 28.8 Å². The topological polar surface area (TPSA) is 49.4 Å². The van der Waals surface area contributed by atoms with E-state index in [2.05, 4.69) is 43.4 Å². The molecule has 0 bridgehead atoms. The SMILES string of the molecule is CC(C)c1ccc(CCC(=O)N(Cc2ccc(F)cc2)[C@H](Cc2ccccc2)C(=O)NC2CCCC2)cc1. The number of rotatable bonds is 11. The molecule has 0 heterocycles. The summed E-state index contributed by atoms with van der Waals surface area (Å²) < 4.78 is 13.6. The van der Waals surface area contributed by atoms with E-state index in [1.165, 1.54) is 17.7 Å². The summed E-state index contributed by atoms with van der Waals surface area (Å²) in [5.41, 5.74) is 4.16. The molecule has 0 radical (unpaired) electrons. The number of nitrogens with zero attached hydrogens (tertiary/aromatic N) is 1. The van der Waals surface area contributed by atoms with Crippen LogP contribution < -0.4 is 5.32 Å². The smallest absolute Gasteiger partial charge is 0.243 e. The molecule has 1 aliphatic rings. The van der Waals surface area contributed by atoms with E-state index in [0.717, 1.165) is 42.4 Å². The quantitative estimate of drug-likeness (QED) is 0.314. The van der Waals surface area contributed by atoms with Gasteiger partial charge in [0.25, 0.3) is 0 Å². The van der Waals surface area contributed by atoms with Gasteiger partial charge in [0.05, 0.1) is 0 Å². The van der Waals surface area contributed by atoms with E-state index >= 15 is 0 Å². The Balaban J connectivity index is 1.58. The zero-order valence-electron chi connectivity index (χ0n) is 22.5. The second-order valence-corrected chi connectivity index (χ2v) is 10.7. The summed E-state index contributed by atoms with van der Waals surface area (Å²) in [6, 6.07) is 23.9. The first-order chi connectivity index (χ1) is 18.4. The highest BCUT2D eigenvalue weighted by Gasteiger charge is 2.32. The monoisotopic (exact) mass is 514 g/mol. The normalized spacial score (nSPS) is 14.4. The second-order valence-electron chi connectivity index (χ2n) is 10.7. The molecule has 4 nitrogen and oxygen atoms in total. The molecule has 200 valence electrons. The average Bonchev–Trinajstić information content (AvgIpc) is 3.44. The minimum atomic E-state index is -0.654. The summed E-state index contributed by atoms with van der Waals surface area (Å²) >= 11 is 0. The Hall–Kier alpha value is -3.47. The van der Waals surface area contributed by atoms with Crippen molar-refractivity contribution in [3.63, 3.8) is 0 Å². The van der Waals surface area contributed by atoms with E-state index in [4.69, 9.17) is 0 Å². The number of benzene rings is 3. The number of hydrogen-bond donors (Lipinski definition) is 1. The highest BCUT2D eigenvalue weighted by atomic mass is 19.1. The third-order valence-corrected chi connectivity index (χ3v) is 7.51. The fraction of sp³-hybridized carbons (Fsp3) is 0.394. The van der Waals surface area contributed by atoms with Gasteiger partial charge in [0.1, 0.15) is 11.9 Å². The van der Waals surface area contributed by atoms with E-state index in [9.17, 15) is 14.0 Å². The van der Waals surface area contributed by atoms with Crippen molar-refractivity contribution in [2.75, 3.05) is 0 Å². The van der Waals surface area contributed by atoms with Crippen LogP contribution in [0.25, 0.3) is 0 Å². The van der Waals surface area contributed by atoms with Crippen molar-refractivity contribution in [1.82, 2.24) is 10.2 Å². The summed E-state index contributed by atoms with van der Waals surface area (Å²) in [5, 5.41) is 3.23. The summed E-state index contributed by atoms with van der Waals surface area (Å²) in [7, 11) is 0. The molecule has 0 unspecified atom stereocenters. The van der Waals surface area contributed by atoms with E-state index in [-0.39, 0.29) is 30.2 Å². The number of amides is 2. The number of hydrogen-bond acceptors (Lipinski definition) is 2. The number of halogens is 1. The predicted octanol–water partition coefficient (Wildman–Crippen LogP) is 6.58. The van der Waals surface area contributed by atoms with Gasteiger partial charge in [0.15, 0.2) is 0 Å². The lowest BCUT2D eigenvalue weighted by molar-refractivity contribution is -0.141. The van der Waals surface area contributed by atoms with E-state index in [0.29, 0.717) is 25.2 Å². The average molecular weight is 515 g/mol. The van der Waals surface area contributed by atoms with E-state index in [1.807, 2.05) is 30.3 Å². The minimum Gasteiger partial charge on any atom is -0.352 e. The molecule has 38 heavy (non-hydrogen) atoms. The number of carbonyl (C=O) groups excluding carboxylic acids is 2. The summed E-state index contributed by atoms with van der Waals surface area (Å²) in [6.45, 7) is 4.58. The van der Waals surface area contributed by atoms with Gasteiger partial charge >= 0.3 is 0 Å². The van der Waals surface area contributed by atoms with E-state index < -0.39 is 6.04 Å². The van der Waals surface area contributed by atoms with Gasteiger partial charge in [-0.3, -0.25) is 9.59 Å². The van der Waals surface area contributed by atoms with Gasteiger partial charge in [-0.15, -0.1) is 0 Å². The Bertz CT molecular complexity index is 1170. The van der Waals surface area contributed by atoms with Crippen LogP contribution in [0.4, 0.5) is 4.39 Å². The van der Waals surface area contributed by atoms with Gasteiger partial charge in [-0.1, -0.05) is 93.4 Å². The Kier molecular flexibility index (Phi) is 9.69. The maximum atomic E-state index is 13.8. The Morgan fingerprint density at radius 2 is 1.50 bits per heavy atom. The molecular formula is C33H39FN2O2. The fourth-order valence-corrected chi connectivity index (χ4v) is 5.17. The first kappa shape index (κ1) is 27.6. The maximum Gasteiger partial charge on any atom is 0.243 e. The largest absolute Gasteiger partial charge is 0.352 e. The summed E-state index contributed by atoms with van der Waals surface area (Å²) in [6.07, 6.45) is 5.49. The Labute approximate surface area is 226 Å². The minimum absolute atomic E-state index is 0.0789. The lowest BCUT2D eigenvalue weighted by Crippen LogP contribution is -2.52. The van der Waals surface area contributed by atoms with Crippen LogP contribution in [-0.2, 0) is 29.0 Å². The van der Waals surface area contributed by atoms with Gasteiger partial charge in [0.2, 0.25) is 11.8 Å². The Morgan fingerprint density at radius 1 is 0.868 bits per heavy atom. The van der Waals surface area contributed by atoms with Crippen molar-refractivity contribution in [2.45, 2.75) is 83.3 Å². The highest BCUT2D eigenvalue weighted by molar-refractivity contribution is 5.88. The first-order valence-electron chi connectivity index (χ1n) is 13.9. The molecule has 0 aromatic heterocycles. The predicted molar refractivity (Wildman–Crippen MR) is 150 cm³/mol. The third-order valence-electron chi connectivity index (χ3n) is 7.51. The molecule has 1 N–H and O–H groups in total. The molecule has 5 heteroatoms. The summed E-state index contributed by atoms with van der Waals surface area (Å²) in [5.74, 6) is -0.0624. The molecule has 0 spiro atoms. The second kappa shape index (κ2) is 13.4. The van der Waals surface area contributed by atoms with Crippen molar-refractivity contribution in [2.24, 2.45) is 0 Å². The molecule has 0 aliphatic heterocycles. The van der Waals surface area contributed by atoms with Gasteiger partial charge in [-0.2, -0.15) is 0 Å². The van der Waals surface area contributed by atoms with Crippen LogP contribution >= 0.6 is 0 Å². The molecule has 1 atom stereocenters. The molecule has 3 aromatic rings. The van der Waals surface area contributed by atoms with E-state index in [1.54, 1.807) is 17.0 Å². The first-order valence-corrected chi connectivity index (χ1v) is 13.9. The van der Waals surface area contributed by atoms with Gasteiger partial charge in [0, 0.05) is 25.4 Å². The molecule has 0 saturated heterocycles. The van der Waals surface area contributed by atoms with Crippen LogP contribution in [0.5, 0.6) is 0 Å². The zero-order valence-corrected chi connectivity index (χ0v) is 22.5. The van der Waals surface area contributed by atoms with Gasteiger partial charge in [-0.25, -0.2) is 4.39 Å². The molecule has 3 aromatic carbocycles. The number of nitrogens with one attached hydrogen (secondary N) is 1. The number of carbonyl (C=O) groups is 2. The van der Waals surface area contributed by atoms with Crippen LogP contribution in [0.2, 0.25) is 0 Å². The van der Waals surface area contributed by atoms with Crippen molar-refractivity contribution in [3.8, 4) is 0 Å². The molecule has 2 amide bonds. The highest BCUT2D eigenvalue weighted by Crippen LogP contribution is 2.21. The fourth-order valence-electron chi connectivity index (χ4n) is 5.17. The zero-order chi connectivity index (χ0) is 26.9. The summed E-state index contributed by atoms with van der Waals surface area (Å²) in [4.78, 5) is 29.2.